The van der Waals surface area contributed by atoms with Gasteiger partial charge in [-0.25, -0.2) is 0 Å². The summed E-state index contributed by atoms with van der Waals surface area (Å²) in [6.07, 6.45) is 0.962. The third-order valence-corrected chi connectivity index (χ3v) is 4.95. The Hall–Kier alpha value is -2.98. The maximum atomic E-state index is 9.86. The summed E-state index contributed by atoms with van der Waals surface area (Å²) in [6.45, 7) is 1.46. The van der Waals surface area contributed by atoms with E-state index in [4.69, 9.17) is 9.47 Å². The van der Waals surface area contributed by atoms with Crippen molar-refractivity contribution in [2.75, 3.05) is 13.7 Å². The number of phenolic OH excluding ortho intramolecular Hbond substituents is 1. The van der Waals surface area contributed by atoms with E-state index < -0.39 is 0 Å². The second-order valence-electron chi connectivity index (χ2n) is 6.70. The highest BCUT2D eigenvalue weighted by Gasteiger charge is 2.22. The second kappa shape index (κ2) is 7.72. The minimum Gasteiger partial charge on any atom is -0.504 e. The molecule has 0 fully saturated rings. The van der Waals surface area contributed by atoms with Gasteiger partial charge in [-0.05, 0) is 52.9 Å². The van der Waals surface area contributed by atoms with E-state index in [9.17, 15) is 5.11 Å². The molecule has 3 aromatic rings. The van der Waals surface area contributed by atoms with Crippen molar-refractivity contribution in [2.24, 2.45) is 0 Å². The molecular formula is C23H23NO3. The Morgan fingerprint density at radius 3 is 2.70 bits per heavy atom. The largest absolute Gasteiger partial charge is 0.504 e. The Bertz CT molecular complexity index is 924. The maximum Gasteiger partial charge on any atom is 0.160 e. The first-order chi connectivity index (χ1) is 13.2. The maximum absolute atomic E-state index is 9.86. The van der Waals surface area contributed by atoms with Gasteiger partial charge in [0.05, 0.1) is 13.2 Å². The van der Waals surface area contributed by atoms with Crippen LogP contribution in [0.15, 0.2) is 66.7 Å². The Morgan fingerprint density at radius 1 is 1.04 bits per heavy atom. The summed E-state index contributed by atoms with van der Waals surface area (Å²) in [5.74, 6) is 1.53. The topological polar surface area (TPSA) is 50.7 Å². The lowest BCUT2D eigenvalue weighted by Crippen LogP contribution is -2.30. The van der Waals surface area contributed by atoms with Gasteiger partial charge in [-0.2, -0.15) is 0 Å². The zero-order chi connectivity index (χ0) is 18.6. The third-order valence-electron chi connectivity index (χ3n) is 4.95. The molecule has 0 amide bonds. The summed E-state index contributed by atoms with van der Waals surface area (Å²) < 4.78 is 11.2. The molecule has 3 aromatic carbocycles. The van der Waals surface area contributed by atoms with Crippen LogP contribution in [0.25, 0.3) is 0 Å². The normalized spacial score (nSPS) is 15.8. The zero-order valence-corrected chi connectivity index (χ0v) is 15.3. The molecule has 27 heavy (non-hydrogen) atoms. The van der Waals surface area contributed by atoms with Crippen LogP contribution in [0.4, 0.5) is 0 Å². The first-order valence-electron chi connectivity index (χ1n) is 9.14. The smallest absolute Gasteiger partial charge is 0.160 e. The van der Waals surface area contributed by atoms with Crippen molar-refractivity contribution < 1.29 is 14.6 Å². The molecule has 0 aliphatic carbocycles. The third kappa shape index (κ3) is 3.76. The molecule has 1 heterocycles. The monoisotopic (exact) mass is 361 g/mol. The summed E-state index contributed by atoms with van der Waals surface area (Å²) in [4.78, 5) is 0. The van der Waals surface area contributed by atoms with Crippen molar-refractivity contribution in [3.05, 3.63) is 89.0 Å². The van der Waals surface area contributed by atoms with Gasteiger partial charge in [0, 0.05) is 6.54 Å². The highest BCUT2D eigenvalue weighted by molar-refractivity contribution is 5.48. The fraction of sp³-hybridized carbons (Fsp3) is 0.217. The van der Waals surface area contributed by atoms with E-state index in [0.29, 0.717) is 12.4 Å². The molecule has 138 valence electrons. The van der Waals surface area contributed by atoms with Crippen molar-refractivity contribution in [1.29, 1.82) is 0 Å². The summed E-state index contributed by atoms with van der Waals surface area (Å²) in [7, 11) is 1.57. The predicted octanol–water partition coefficient (Wildman–Crippen LogP) is 4.21. The number of nitrogens with one attached hydrogen (secondary N) is 1. The minimum absolute atomic E-state index is 0.0754. The van der Waals surface area contributed by atoms with Crippen LogP contribution in [0.2, 0.25) is 0 Å². The number of hydrogen-bond donors (Lipinski definition) is 2. The van der Waals surface area contributed by atoms with Crippen LogP contribution in [-0.4, -0.2) is 18.8 Å². The number of phenols is 1. The van der Waals surface area contributed by atoms with Crippen LogP contribution in [0.3, 0.4) is 0 Å². The van der Waals surface area contributed by atoms with Crippen molar-refractivity contribution in [1.82, 2.24) is 5.32 Å². The van der Waals surface area contributed by atoms with Crippen molar-refractivity contribution in [2.45, 2.75) is 19.1 Å². The van der Waals surface area contributed by atoms with Gasteiger partial charge in [-0.15, -0.1) is 0 Å². The molecule has 4 heteroatoms. The van der Waals surface area contributed by atoms with Crippen molar-refractivity contribution in [3.8, 4) is 17.2 Å². The molecule has 0 spiro atoms. The highest BCUT2D eigenvalue weighted by Crippen LogP contribution is 2.35. The van der Waals surface area contributed by atoms with Gasteiger partial charge >= 0.3 is 0 Å². The average Bonchev–Trinajstić information content (AvgIpc) is 2.73. The zero-order valence-electron chi connectivity index (χ0n) is 15.3. The average molecular weight is 361 g/mol. The molecule has 0 saturated carbocycles. The number of aromatic hydroxyl groups is 1. The van der Waals surface area contributed by atoms with Gasteiger partial charge in [0.15, 0.2) is 11.5 Å². The lowest BCUT2D eigenvalue weighted by atomic mass is 9.89. The highest BCUT2D eigenvalue weighted by atomic mass is 16.5. The number of methoxy groups -OCH3 is 1. The van der Waals surface area contributed by atoms with Crippen LogP contribution in [0, 0.1) is 0 Å². The van der Waals surface area contributed by atoms with Gasteiger partial charge in [0.25, 0.3) is 0 Å². The van der Waals surface area contributed by atoms with Gasteiger partial charge in [0.2, 0.25) is 0 Å². The molecule has 4 nitrogen and oxygen atoms in total. The first-order valence-corrected chi connectivity index (χ1v) is 9.14. The Kier molecular flexibility index (Phi) is 4.99. The molecule has 1 aliphatic heterocycles. The fourth-order valence-electron chi connectivity index (χ4n) is 3.54. The standard InChI is InChI=1S/C23H23NO3/c1-26-22-14-18(7-10-21(22)25)23-20-9-8-19(13-17(20)11-12-24-23)27-15-16-5-3-2-4-6-16/h2-10,13-14,23-25H,11-12,15H2,1H3. The molecule has 0 radical (unpaired) electrons. The number of hydrogen-bond acceptors (Lipinski definition) is 4. The molecule has 1 unspecified atom stereocenters. The molecule has 4 rings (SSSR count). The quantitative estimate of drug-likeness (QED) is 0.715. The lowest BCUT2D eigenvalue weighted by molar-refractivity contribution is 0.305. The number of rotatable bonds is 5. The molecule has 2 N–H and O–H groups in total. The van der Waals surface area contributed by atoms with E-state index in [2.05, 4.69) is 29.6 Å². The number of fused-ring (bicyclic) bond motifs is 1. The molecular weight excluding hydrogens is 338 g/mol. The van der Waals surface area contributed by atoms with E-state index in [1.165, 1.54) is 11.1 Å². The molecule has 0 bridgehead atoms. The van der Waals surface area contributed by atoms with Gasteiger partial charge in [-0.3, -0.25) is 0 Å². The van der Waals surface area contributed by atoms with Crippen LogP contribution >= 0.6 is 0 Å². The van der Waals surface area contributed by atoms with Crippen LogP contribution in [0.5, 0.6) is 17.2 Å². The summed E-state index contributed by atoms with van der Waals surface area (Å²) in [6, 6.07) is 22.1. The molecule has 1 aliphatic rings. The van der Waals surface area contributed by atoms with E-state index in [0.717, 1.165) is 29.8 Å². The Balaban J connectivity index is 1.56. The van der Waals surface area contributed by atoms with E-state index in [1.807, 2.05) is 36.4 Å². The second-order valence-corrected chi connectivity index (χ2v) is 6.70. The van der Waals surface area contributed by atoms with E-state index in [-0.39, 0.29) is 11.8 Å². The van der Waals surface area contributed by atoms with Gasteiger partial charge in [-0.1, -0.05) is 42.5 Å². The molecule has 1 atom stereocenters. The summed E-state index contributed by atoms with van der Waals surface area (Å²) in [5, 5.41) is 13.4. The van der Waals surface area contributed by atoms with Crippen molar-refractivity contribution in [3.63, 3.8) is 0 Å². The van der Waals surface area contributed by atoms with E-state index in [1.54, 1.807) is 13.2 Å². The minimum atomic E-state index is 0.0754. The van der Waals surface area contributed by atoms with Crippen LogP contribution in [-0.2, 0) is 13.0 Å². The predicted molar refractivity (Wildman–Crippen MR) is 105 cm³/mol. The Labute approximate surface area is 159 Å². The molecule has 0 aromatic heterocycles. The first kappa shape index (κ1) is 17.4. The Morgan fingerprint density at radius 2 is 1.89 bits per heavy atom. The van der Waals surface area contributed by atoms with E-state index >= 15 is 0 Å². The van der Waals surface area contributed by atoms with Crippen molar-refractivity contribution >= 4 is 0 Å². The summed E-state index contributed by atoms with van der Waals surface area (Å²) >= 11 is 0. The fourth-order valence-corrected chi connectivity index (χ4v) is 3.54. The number of ether oxygens (including phenoxy) is 2. The van der Waals surface area contributed by atoms with Crippen LogP contribution < -0.4 is 14.8 Å². The van der Waals surface area contributed by atoms with Gasteiger partial charge < -0.3 is 19.9 Å². The van der Waals surface area contributed by atoms with Crippen LogP contribution in [0.1, 0.15) is 28.3 Å². The van der Waals surface area contributed by atoms with Gasteiger partial charge in [0.1, 0.15) is 12.4 Å². The SMILES string of the molecule is COc1cc(C2NCCc3cc(OCc4ccccc4)ccc32)ccc1O. The summed E-state index contributed by atoms with van der Waals surface area (Å²) in [5.41, 5.74) is 4.76. The lowest BCUT2D eigenvalue weighted by Gasteiger charge is -2.28. The molecule has 0 saturated heterocycles. The number of benzene rings is 3.